The molecular weight excluding hydrogens is 504 g/mol. The molecule has 9 nitrogen and oxygen atoms in total. The van der Waals surface area contributed by atoms with E-state index in [4.69, 9.17) is 25.8 Å². The lowest BCUT2D eigenvalue weighted by atomic mass is 9.89. The molecule has 37 heavy (non-hydrogen) atoms. The molecule has 0 heterocycles. The van der Waals surface area contributed by atoms with Crippen molar-refractivity contribution in [3.63, 3.8) is 0 Å². The zero-order chi connectivity index (χ0) is 28.0. The molecule has 1 rings (SSSR count). The monoisotopic (exact) mass is 538 g/mol. The molecule has 0 aromatic heterocycles. The van der Waals surface area contributed by atoms with Gasteiger partial charge in [-0.15, -0.1) is 0 Å². The fraction of sp³-hybridized carbons (Fsp3) is 0.519. The van der Waals surface area contributed by atoms with Gasteiger partial charge in [-0.25, -0.2) is 0 Å². The molecule has 0 N–H and O–H groups in total. The minimum atomic E-state index is -1.55. The van der Waals surface area contributed by atoms with Gasteiger partial charge in [0.2, 0.25) is 5.78 Å². The van der Waals surface area contributed by atoms with Crippen LogP contribution in [0.5, 0.6) is 0 Å². The van der Waals surface area contributed by atoms with Crippen LogP contribution in [0.4, 0.5) is 0 Å². The Kier molecular flexibility index (Phi) is 13.6. The largest absolute Gasteiger partial charge is 0.469 e. The lowest BCUT2D eigenvalue weighted by molar-refractivity contribution is -0.162. The highest BCUT2D eigenvalue weighted by Gasteiger charge is 2.46. The molecule has 0 radical (unpaired) electrons. The molecule has 0 amide bonds. The van der Waals surface area contributed by atoms with Crippen LogP contribution in [0, 0.1) is 0 Å². The molecule has 3 atom stereocenters. The second kappa shape index (κ2) is 15.8. The van der Waals surface area contributed by atoms with Crippen LogP contribution < -0.4 is 0 Å². The van der Waals surface area contributed by atoms with Gasteiger partial charge in [0, 0.05) is 39.2 Å². The first-order chi connectivity index (χ1) is 17.5. The molecule has 0 unspecified atom stereocenters. The number of hydrogen-bond acceptors (Lipinski definition) is 9. The zero-order valence-corrected chi connectivity index (χ0v) is 22.7. The summed E-state index contributed by atoms with van der Waals surface area (Å²) in [6.45, 7) is 5.57. The van der Waals surface area contributed by atoms with Gasteiger partial charge in [0.1, 0.15) is 6.10 Å². The van der Waals surface area contributed by atoms with E-state index in [9.17, 15) is 24.0 Å². The van der Waals surface area contributed by atoms with Crippen molar-refractivity contribution < 1.29 is 42.9 Å². The summed E-state index contributed by atoms with van der Waals surface area (Å²) in [4.78, 5) is 60.4. The molecule has 0 fully saturated rings. The maximum absolute atomic E-state index is 13.1. The number of methoxy groups -OCH3 is 1. The van der Waals surface area contributed by atoms with E-state index in [1.807, 2.05) is 25.2 Å². The SMILES string of the molecule is CC/C=C\C/C=C\C[C@@]1(OC(C)=O)C=C(Cl)C(=O)C1=C[C@H](OC(C)=O)[C@H](CCCC(=O)OC)OC(C)=O. The maximum Gasteiger partial charge on any atom is 0.305 e. The van der Waals surface area contributed by atoms with Crippen LogP contribution in [-0.4, -0.2) is 54.6 Å². The van der Waals surface area contributed by atoms with Gasteiger partial charge in [-0.3, -0.25) is 24.0 Å². The van der Waals surface area contributed by atoms with E-state index < -0.39 is 47.5 Å². The molecule has 10 heteroatoms. The molecule has 0 bridgehead atoms. The predicted molar refractivity (Wildman–Crippen MR) is 136 cm³/mol. The van der Waals surface area contributed by atoms with E-state index in [1.165, 1.54) is 40.0 Å². The summed E-state index contributed by atoms with van der Waals surface area (Å²) in [5.41, 5.74) is -1.58. The Bertz CT molecular complexity index is 976. The minimum Gasteiger partial charge on any atom is -0.469 e. The summed E-state index contributed by atoms with van der Waals surface area (Å²) >= 11 is 6.19. The standard InChI is InChI=1S/C27H35ClO9/c1-6-7-8-9-10-11-15-27(37-20(4)31)17-22(28)26(33)21(27)16-24(36-19(3)30)23(35-18(2)29)13-12-14-25(32)34-5/h7-8,10-11,16-17,23-24H,6,9,12-15H2,1-5H3/b8-7-,11-10-,21-16?/t23-,24-,27+/m0/s1. The Morgan fingerprint density at radius 1 is 1.00 bits per heavy atom. The van der Waals surface area contributed by atoms with Crippen molar-refractivity contribution in [3.8, 4) is 0 Å². The summed E-state index contributed by atoms with van der Waals surface area (Å²) in [5.74, 6) is -3.07. The molecule has 0 saturated carbocycles. The van der Waals surface area contributed by atoms with Gasteiger partial charge in [-0.1, -0.05) is 42.8 Å². The first-order valence-electron chi connectivity index (χ1n) is 12.0. The van der Waals surface area contributed by atoms with Gasteiger partial charge in [0.25, 0.3) is 0 Å². The van der Waals surface area contributed by atoms with Crippen molar-refractivity contribution in [2.45, 2.75) is 84.0 Å². The van der Waals surface area contributed by atoms with Gasteiger partial charge >= 0.3 is 23.9 Å². The van der Waals surface area contributed by atoms with Crippen molar-refractivity contribution >= 4 is 41.3 Å². The number of halogens is 1. The Labute approximate surface area is 222 Å². The second-order valence-corrected chi connectivity index (χ2v) is 8.77. The molecule has 1 aliphatic rings. The third-order valence-corrected chi connectivity index (χ3v) is 5.56. The molecule has 0 aromatic rings. The lowest BCUT2D eigenvalue weighted by Crippen LogP contribution is -2.38. The molecule has 0 saturated heterocycles. The zero-order valence-electron chi connectivity index (χ0n) is 21.9. The first kappa shape index (κ1) is 31.8. The topological polar surface area (TPSA) is 122 Å². The van der Waals surface area contributed by atoms with E-state index in [-0.39, 0.29) is 36.3 Å². The van der Waals surface area contributed by atoms with Crippen molar-refractivity contribution in [1.29, 1.82) is 0 Å². The molecular formula is C27H35ClO9. The quantitative estimate of drug-likeness (QED) is 0.137. The van der Waals surface area contributed by atoms with Crippen LogP contribution in [0.15, 0.2) is 47.1 Å². The molecule has 0 aromatic carbocycles. The number of hydrogen-bond donors (Lipinski definition) is 0. The second-order valence-electron chi connectivity index (χ2n) is 8.37. The fourth-order valence-corrected chi connectivity index (χ4v) is 4.04. The van der Waals surface area contributed by atoms with Gasteiger partial charge in [0.05, 0.1) is 12.1 Å². The van der Waals surface area contributed by atoms with Gasteiger partial charge in [0.15, 0.2) is 11.7 Å². The average molecular weight is 539 g/mol. The third kappa shape index (κ3) is 10.8. The highest BCUT2D eigenvalue weighted by molar-refractivity contribution is 6.46. The van der Waals surface area contributed by atoms with Crippen molar-refractivity contribution in [1.82, 2.24) is 0 Å². The van der Waals surface area contributed by atoms with E-state index in [2.05, 4.69) is 4.74 Å². The van der Waals surface area contributed by atoms with Crippen LogP contribution >= 0.6 is 11.6 Å². The number of rotatable bonds is 14. The highest BCUT2D eigenvalue weighted by atomic mass is 35.5. The van der Waals surface area contributed by atoms with Gasteiger partial charge in [-0.05, 0) is 37.8 Å². The number of Topliss-reactive ketones (excluding diaryl/α,β-unsaturated/α-hetero) is 1. The fourth-order valence-electron chi connectivity index (χ4n) is 3.76. The summed E-state index contributed by atoms with van der Waals surface area (Å²) in [6.07, 6.45) is 10.0. The molecule has 0 spiro atoms. The van der Waals surface area contributed by atoms with Crippen LogP contribution in [0.2, 0.25) is 0 Å². The minimum absolute atomic E-state index is 0.0298. The van der Waals surface area contributed by atoms with Crippen LogP contribution in [0.3, 0.4) is 0 Å². The summed E-state index contributed by atoms with van der Waals surface area (Å²) in [7, 11) is 1.25. The number of esters is 4. The highest BCUT2D eigenvalue weighted by Crippen LogP contribution is 2.40. The van der Waals surface area contributed by atoms with Crippen molar-refractivity contribution in [3.05, 3.63) is 47.1 Å². The Hall–Kier alpha value is -3.20. The normalized spacial score (nSPS) is 20.1. The van der Waals surface area contributed by atoms with E-state index in [0.29, 0.717) is 6.42 Å². The third-order valence-electron chi connectivity index (χ3n) is 5.28. The number of carbonyl (C=O) groups excluding carboxylic acids is 5. The molecule has 204 valence electrons. The summed E-state index contributed by atoms with van der Waals surface area (Å²) in [6, 6.07) is 0. The van der Waals surface area contributed by atoms with Crippen LogP contribution in [0.1, 0.15) is 66.2 Å². The van der Waals surface area contributed by atoms with Gasteiger partial charge in [-0.2, -0.15) is 0 Å². The van der Waals surface area contributed by atoms with E-state index in [0.717, 1.165) is 6.42 Å². The van der Waals surface area contributed by atoms with Crippen molar-refractivity contribution in [2.75, 3.05) is 7.11 Å². The molecule has 1 aliphatic carbocycles. The smallest absolute Gasteiger partial charge is 0.305 e. The Morgan fingerprint density at radius 3 is 2.22 bits per heavy atom. The Balaban J connectivity index is 3.47. The maximum atomic E-state index is 13.1. The average Bonchev–Trinajstić information content (AvgIpc) is 3.03. The lowest BCUT2D eigenvalue weighted by Gasteiger charge is -2.30. The number of carbonyl (C=O) groups is 5. The van der Waals surface area contributed by atoms with E-state index in [1.54, 1.807) is 6.08 Å². The first-order valence-corrected chi connectivity index (χ1v) is 12.4. The van der Waals surface area contributed by atoms with Crippen molar-refractivity contribution in [2.24, 2.45) is 0 Å². The number of ether oxygens (including phenoxy) is 4. The predicted octanol–water partition coefficient (Wildman–Crippen LogP) is 4.43. The number of allylic oxidation sites excluding steroid dienone is 4. The van der Waals surface area contributed by atoms with Crippen LogP contribution in [-0.2, 0) is 42.9 Å². The molecule has 0 aliphatic heterocycles. The Morgan fingerprint density at radius 2 is 1.65 bits per heavy atom. The van der Waals surface area contributed by atoms with E-state index >= 15 is 0 Å². The van der Waals surface area contributed by atoms with Crippen LogP contribution in [0.25, 0.3) is 0 Å². The summed E-state index contributed by atoms with van der Waals surface area (Å²) in [5, 5.41) is -0.164. The number of ketones is 1. The summed E-state index contributed by atoms with van der Waals surface area (Å²) < 4.78 is 21.0. The van der Waals surface area contributed by atoms with Gasteiger partial charge < -0.3 is 18.9 Å².